The van der Waals surface area contributed by atoms with Crippen molar-refractivity contribution in [3.63, 3.8) is 0 Å². The van der Waals surface area contributed by atoms with Gasteiger partial charge in [0.2, 0.25) is 5.91 Å². The molecule has 9 rings (SSSR count). The van der Waals surface area contributed by atoms with Gasteiger partial charge in [0, 0.05) is 136 Å². The number of nitrogens with zero attached hydrogens (tertiary/aromatic N) is 7. The van der Waals surface area contributed by atoms with E-state index in [-0.39, 0.29) is 17.8 Å². The zero-order chi connectivity index (χ0) is 38.4. The van der Waals surface area contributed by atoms with Crippen LogP contribution in [0.4, 0.5) is 27.5 Å². The molecule has 6 fully saturated rings. The molecule has 0 radical (unpaired) electrons. The monoisotopic (exact) mass is 778 g/mol. The first kappa shape index (κ1) is 37.3. The van der Waals surface area contributed by atoms with Gasteiger partial charge in [-0.2, -0.15) is 0 Å². The number of piperazine rings is 1. The second-order valence-electron chi connectivity index (χ2n) is 17.1. The second-order valence-corrected chi connectivity index (χ2v) is 17.6. The first-order valence-electron chi connectivity index (χ1n) is 20.8. The fraction of sp³-hybridized carbons (Fsp3) is 0.523. The van der Waals surface area contributed by atoms with E-state index in [2.05, 4.69) is 84.1 Å². The maximum Gasteiger partial charge on any atom is 0.328 e. The third kappa shape index (κ3) is 7.57. The molecule has 3 aromatic carbocycles. The minimum absolute atomic E-state index is 0.163. The molecule has 1 N–H and O–H groups in total. The Morgan fingerprint density at radius 3 is 2.02 bits per heavy atom. The van der Waals surface area contributed by atoms with Crippen LogP contribution in [0.5, 0.6) is 0 Å². The summed E-state index contributed by atoms with van der Waals surface area (Å²) in [5.41, 5.74) is 5.60. The van der Waals surface area contributed by atoms with E-state index in [0.29, 0.717) is 36.5 Å². The summed E-state index contributed by atoms with van der Waals surface area (Å²) in [6, 6.07) is 26.2. The Bertz CT molecular complexity index is 1900. The molecule has 1 spiro atoms. The molecule has 4 amide bonds. The first-order chi connectivity index (χ1) is 27.2. The average Bonchev–Trinajstić information content (AvgIpc) is 3.53. The van der Waals surface area contributed by atoms with Crippen LogP contribution in [0.2, 0.25) is 5.02 Å². The molecule has 1 atom stereocenters. The van der Waals surface area contributed by atoms with Crippen LogP contribution in [0.15, 0.2) is 72.8 Å². The molecule has 3 aromatic rings. The van der Waals surface area contributed by atoms with Crippen LogP contribution in [0.1, 0.15) is 55.8 Å². The molecule has 56 heavy (non-hydrogen) atoms. The normalized spacial score (nSPS) is 24.2. The maximum atomic E-state index is 13.6. The molecule has 0 unspecified atom stereocenters. The number of likely N-dealkylation sites (tertiary alicyclic amines) is 2. The summed E-state index contributed by atoms with van der Waals surface area (Å²) in [6.07, 6.45) is 6.00. The molecule has 11 nitrogen and oxygen atoms in total. The Morgan fingerprint density at radius 1 is 0.714 bits per heavy atom. The van der Waals surface area contributed by atoms with Gasteiger partial charge >= 0.3 is 6.03 Å². The Kier molecular flexibility index (Phi) is 10.4. The summed E-state index contributed by atoms with van der Waals surface area (Å²) in [5, 5.41) is 3.20. The van der Waals surface area contributed by atoms with Gasteiger partial charge in [-0.05, 0) is 111 Å². The van der Waals surface area contributed by atoms with Crippen molar-refractivity contribution in [1.82, 2.24) is 20.0 Å². The molecule has 296 valence electrons. The smallest absolute Gasteiger partial charge is 0.328 e. The summed E-state index contributed by atoms with van der Waals surface area (Å²) < 4.78 is 0. The number of amides is 4. The van der Waals surface area contributed by atoms with Gasteiger partial charge in [0.15, 0.2) is 0 Å². The van der Waals surface area contributed by atoms with Gasteiger partial charge in [0.25, 0.3) is 5.91 Å². The highest BCUT2D eigenvalue weighted by Gasteiger charge is 2.44. The van der Waals surface area contributed by atoms with Gasteiger partial charge in [-0.25, -0.2) is 4.79 Å². The van der Waals surface area contributed by atoms with E-state index >= 15 is 0 Å². The van der Waals surface area contributed by atoms with Gasteiger partial charge in [-0.3, -0.25) is 29.6 Å². The van der Waals surface area contributed by atoms with Crippen molar-refractivity contribution in [2.45, 2.75) is 63.6 Å². The van der Waals surface area contributed by atoms with Gasteiger partial charge in [-0.1, -0.05) is 17.7 Å². The topological polar surface area (TPSA) is 85.9 Å². The Balaban J connectivity index is 0.690. The molecule has 0 aliphatic carbocycles. The van der Waals surface area contributed by atoms with Crippen LogP contribution in [0, 0.1) is 5.41 Å². The van der Waals surface area contributed by atoms with Gasteiger partial charge in [-0.15, -0.1) is 0 Å². The highest BCUT2D eigenvalue weighted by molar-refractivity contribution is 6.30. The quantitative estimate of drug-likeness (QED) is 0.324. The zero-order valence-electron chi connectivity index (χ0n) is 32.6. The highest BCUT2D eigenvalue weighted by Crippen LogP contribution is 2.46. The van der Waals surface area contributed by atoms with Crippen molar-refractivity contribution in [2.24, 2.45) is 5.41 Å². The summed E-state index contributed by atoms with van der Waals surface area (Å²) in [6.45, 7) is 13.9. The number of hydrogen-bond acceptors (Lipinski definition) is 8. The third-order valence-electron chi connectivity index (χ3n) is 13.8. The average molecular weight is 779 g/mol. The van der Waals surface area contributed by atoms with Crippen LogP contribution in [-0.2, 0) is 4.79 Å². The SMILES string of the molecule is C[C@H]1CC2(CCN(c3ccc(C(=O)N4CCC(N5CC(N6CCN(c7ccc(N8CCC(=O)NC8=O)cc7)CC6)C5)CC4)cc3)CC2)CN1c1cccc(Cl)c1. The minimum Gasteiger partial charge on any atom is -0.371 e. The number of halogens is 1. The van der Waals surface area contributed by atoms with E-state index in [4.69, 9.17) is 11.6 Å². The van der Waals surface area contributed by atoms with Crippen LogP contribution in [0.3, 0.4) is 0 Å². The summed E-state index contributed by atoms with van der Waals surface area (Å²) in [5.74, 6) is -0.0507. The Morgan fingerprint density at radius 2 is 1.36 bits per heavy atom. The van der Waals surface area contributed by atoms with E-state index in [1.54, 1.807) is 4.90 Å². The standard InChI is InChI=1S/C44H55ClN8O3/c1-32-28-44(31-53(32)39-4-2-3-34(45)27-39)16-21-47(22-17-44)35-7-5-33(6-8-35)42(55)50-18-13-37(14-19-50)51-29-40(30-51)49-25-23-48(24-26-49)36-9-11-38(12-10-36)52-20-15-41(54)46-43(52)56/h2-12,27,32,37,40H,13-26,28-31H2,1H3,(H,46,54,56)/t32-/m0/s1. The van der Waals surface area contributed by atoms with Crippen LogP contribution >= 0.6 is 11.6 Å². The molecule has 6 saturated heterocycles. The van der Waals surface area contributed by atoms with Crippen molar-refractivity contribution >= 4 is 52.2 Å². The van der Waals surface area contributed by atoms with E-state index in [9.17, 15) is 14.4 Å². The van der Waals surface area contributed by atoms with Crippen LogP contribution < -0.4 is 24.9 Å². The molecule has 6 aliphatic rings. The first-order valence-corrected chi connectivity index (χ1v) is 21.2. The number of urea groups is 1. The molecule has 0 aromatic heterocycles. The fourth-order valence-corrected chi connectivity index (χ4v) is 10.6. The number of hydrogen-bond donors (Lipinski definition) is 1. The fourth-order valence-electron chi connectivity index (χ4n) is 10.4. The zero-order valence-corrected chi connectivity index (χ0v) is 33.4. The molecule has 6 aliphatic heterocycles. The van der Waals surface area contributed by atoms with E-state index < -0.39 is 0 Å². The maximum absolute atomic E-state index is 13.6. The molecular weight excluding hydrogens is 724 g/mol. The highest BCUT2D eigenvalue weighted by atomic mass is 35.5. The Hall–Kier alpha value is -4.32. The number of anilines is 4. The van der Waals surface area contributed by atoms with Crippen molar-refractivity contribution in [3.05, 3.63) is 83.4 Å². The molecule has 12 heteroatoms. The predicted octanol–water partition coefficient (Wildman–Crippen LogP) is 5.78. The lowest BCUT2D eigenvalue weighted by atomic mass is 9.76. The summed E-state index contributed by atoms with van der Waals surface area (Å²) in [7, 11) is 0. The second kappa shape index (κ2) is 15.6. The number of nitrogens with one attached hydrogen (secondary N) is 1. The largest absolute Gasteiger partial charge is 0.371 e. The van der Waals surface area contributed by atoms with Crippen molar-refractivity contribution in [2.75, 3.05) is 98.1 Å². The molecule has 6 heterocycles. The number of benzene rings is 3. The molecular formula is C44H55ClN8O3. The number of rotatable bonds is 7. The van der Waals surface area contributed by atoms with Gasteiger partial charge in [0.05, 0.1) is 0 Å². The van der Waals surface area contributed by atoms with Gasteiger partial charge < -0.3 is 19.6 Å². The van der Waals surface area contributed by atoms with Crippen molar-refractivity contribution in [3.8, 4) is 0 Å². The van der Waals surface area contributed by atoms with Crippen molar-refractivity contribution < 1.29 is 14.4 Å². The summed E-state index contributed by atoms with van der Waals surface area (Å²) >= 11 is 6.33. The summed E-state index contributed by atoms with van der Waals surface area (Å²) in [4.78, 5) is 53.7. The van der Waals surface area contributed by atoms with Gasteiger partial charge in [0.1, 0.15) is 0 Å². The van der Waals surface area contributed by atoms with Crippen LogP contribution in [-0.4, -0.2) is 129 Å². The van der Waals surface area contributed by atoms with Crippen molar-refractivity contribution in [1.29, 1.82) is 0 Å². The Labute approximate surface area is 336 Å². The number of carbonyl (C=O) groups is 3. The van der Waals surface area contributed by atoms with E-state index in [1.165, 1.54) is 36.3 Å². The van der Waals surface area contributed by atoms with E-state index in [1.807, 2.05) is 30.3 Å². The predicted molar refractivity (Wildman–Crippen MR) is 223 cm³/mol. The number of carbonyl (C=O) groups excluding carboxylic acids is 3. The number of piperidine rings is 2. The molecule has 0 bridgehead atoms. The third-order valence-corrected chi connectivity index (χ3v) is 14.0. The number of imide groups is 1. The molecule has 0 saturated carbocycles. The lowest BCUT2D eigenvalue weighted by Gasteiger charge is -2.52. The minimum atomic E-state index is -0.346. The lowest BCUT2D eigenvalue weighted by molar-refractivity contribution is -0.120. The lowest BCUT2D eigenvalue weighted by Crippen LogP contribution is -2.66. The van der Waals surface area contributed by atoms with Crippen LogP contribution in [0.25, 0.3) is 0 Å². The van der Waals surface area contributed by atoms with E-state index in [0.717, 1.165) is 101 Å².